The van der Waals surface area contributed by atoms with E-state index in [-0.39, 0.29) is 5.91 Å². The molecular formula is C17H18N4O2S. The van der Waals surface area contributed by atoms with E-state index >= 15 is 0 Å². The Morgan fingerprint density at radius 1 is 1.29 bits per heavy atom. The number of benzene rings is 1. The third-order valence-corrected chi connectivity index (χ3v) is 4.24. The topological polar surface area (TPSA) is 80.9 Å². The van der Waals surface area contributed by atoms with Crippen LogP contribution in [0.5, 0.6) is 0 Å². The number of aromatic nitrogens is 3. The van der Waals surface area contributed by atoms with E-state index in [1.54, 1.807) is 24.3 Å². The van der Waals surface area contributed by atoms with Crippen LogP contribution in [0.1, 0.15) is 33.5 Å². The lowest BCUT2D eigenvalue weighted by molar-refractivity contribution is 0.0953. The van der Waals surface area contributed by atoms with E-state index in [1.807, 2.05) is 30.5 Å². The molecule has 0 atom stereocenters. The van der Waals surface area contributed by atoms with Gasteiger partial charge >= 0.3 is 0 Å². The van der Waals surface area contributed by atoms with Crippen molar-refractivity contribution < 1.29 is 9.32 Å². The molecule has 0 saturated heterocycles. The maximum atomic E-state index is 12.3. The maximum Gasteiger partial charge on any atom is 0.251 e. The quantitative estimate of drug-likeness (QED) is 0.696. The van der Waals surface area contributed by atoms with Gasteiger partial charge in [0.05, 0.1) is 10.7 Å². The monoisotopic (exact) mass is 342 g/mol. The SMILES string of the molecule is Cc1noc(CCCNC(=O)c2cccc(-c3csc(C)n3)c2)n1. The zero-order valence-electron chi connectivity index (χ0n) is 13.6. The highest BCUT2D eigenvalue weighted by molar-refractivity contribution is 7.09. The minimum absolute atomic E-state index is 0.0921. The standard InChI is InChI=1S/C17H18N4O2S/c1-11-19-16(23-21-11)7-4-8-18-17(22)14-6-3-5-13(9-14)15-10-24-12(2)20-15/h3,5-6,9-10H,4,7-8H2,1-2H3,(H,18,22). The molecule has 0 spiro atoms. The molecule has 6 nitrogen and oxygen atoms in total. The Hall–Kier alpha value is -2.54. The summed E-state index contributed by atoms with van der Waals surface area (Å²) in [7, 11) is 0. The smallest absolute Gasteiger partial charge is 0.251 e. The molecule has 0 aliphatic rings. The van der Waals surface area contributed by atoms with Crippen LogP contribution < -0.4 is 5.32 Å². The van der Waals surface area contributed by atoms with Gasteiger partial charge in [0.15, 0.2) is 5.82 Å². The molecule has 24 heavy (non-hydrogen) atoms. The number of hydrogen-bond donors (Lipinski definition) is 1. The number of amides is 1. The zero-order chi connectivity index (χ0) is 16.9. The van der Waals surface area contributed by atoms with Crippen molar-refractivity contribution in [1.82, 2.24) is 20.4 Å². The fraction of sp³-hybridized carbons (Fsp3) is 0.294. The molecule has 1 N–H and O–H groups in total. The molecule has 2 aromatic heterocycles. The summed E-state index contributed by atoms with van der Waals surface area (Å²) in [6.07, 6.45) is 1.40. The van der Waals surface area contributed by atoms with Crippen LogP contribution in [-0.4, -0.2) is 27.6 Å². The van der Waals surface area contributed by atoms with E-state index in [1.165, 1.54) is 0 Å². The molecule has 0 fully saturated rings. The highest BCUT2D eigenvalue weighted by Gasteiger charge is 2.09. The van der Waals surface area contributed by atoms with Crippen molar-refractivity contribution in [3.63, 3.8) is 0 Å². The Morgan fingerprint density at radius 2 is 2.17 bits per heavy atom. The van der Waals surface area contributed by atoms with Crippen molar-refractivity contribution in [3.05, 3.63) is 51.9 Å². The predicted molar refractivity (Wildman–Crippen MR) is 92.0 cm³/mol. The second-order valence-corrected chi connectivity index (χ2v) is 6.49. The maximum absolute atomic E-state index is 12.3. The normalized spacial score (nSPS) is 10.8. The van der Waals surface area contributed by atoms with Crippen LogP contribution in [0.15, 0.2) is 34.2 Å². The predicted octanol–water partition coefficient (Wildman–Crippen LogP) is 3.17. The Bertz CT molecular complexity index is 840. The third kappa shape index (κ3) is 4.05. The highest BCUT2D eigenvalue weighted by Crippen LogP contribution is 2.22. The van der Waals surface area contributed by atoms with Gasteiger partial charge in [0.2, 0.25) is 5.89 Å². The average molecular weight is 342 g/mol. The summed E-state index contributed by atoms with van der Waals surface area (Å²) >= 11 is 1.60. The molecule has 7 heteroatoms. The molecule has 3 aromatic rings. The molecule has 0 bridgehead atoms. The fourth-order valence-electron chi connectivity index (χ4n) is 2.30. The van der Waals surface area contributed by atoms with Crippen LogP contribution in [0.25, 0.3) is 11.3 Å². The molecule has 0 saturated carbocycles. The van der Waals surface area contributed by atoms with E-state index in [2.05, 4.69) is 20.4 Å². The molecule has 0 aliphatic carbocycles. The Kier molecular flexibility index (Phi) is 5.00. The third-order valence-electron chi connectivity index (χ3n) is 3.46. The van der Waals surface area contributed by atoms with E-state index in [0.717, 1.165) is 22.7 Å². The fourth-order valence-corrected chi connectivity index (χ4v) is 2.92. The minimum atomic E-state index is -0.0921. The first-order valence-corrected chi connectivity index (χ1v) is 8.60. The second-order valence-electron chi connectivity index (χ2n) is 5.43. The number of thiazole rings is 1. The van der Waals surface area contributed by atoms with Crippen LogP contribution in [0.3, 0.4) is 0 Å². The first-order chi connectivity index (χ1) is 11.6. The molecule has 0 aliphatic heterocycles. The average Bonchev–Trinajstić information content (AvgIpc) is 3.20. The van der Waals surface area contributed by atoms with Crippen LogP contribution in [0.4, 0.5) is 0 Å². The largest absolute Gasteiger partial charge is 0.352 e. The first kappa shape index (κ1) is 16.3. The summed E-state index contributed by atoms with van der Waals surface area (Å²) in [5.74, 6) is 1.14. The van der Waals surface area contributed by atoms with Crippen molar-refractivity contribution in [3.8, 4) is 11.3 Å². The molecule has 1 aromatic carbocycles. The summed E-state index contributed by atoms with van der Waals surface area (Å²) in [6, 6.07) is 7.51. The van der Waals surface area contributed by atoms with Gasteiger partial charge in [-0.05, 0) is 32.4 Å². The lowest BCUT2D eigenvalue weighted by atomic mass is 10.1. The molecular weight excluding hydrogens is 324 g/mol. The molecule has 1 amide bonds. The van der Waals surface area contributed by atoms with Crippen molar-refractivity contribution in [1.29, 1.82) is 0 Å². The zero-order valence-corrected chi connectivity index (χ0v) is 14.4. The van der Waals surface area contributed by atoms with Gasteiger partial charge in [0, 0.05) is 29.5 Å². The molecule has 0 radical (unpaired) electrons. The Labute approximate surface area is 143 Å². The Morgan fingerprint density at radius 3 is 2.88 bits per heavy atom. The van der Waals surface area contributed by atoms with Crippen LogP contribution >= 0.6 is 11.3 Å². The number of carbonyl (C=O) groups excluding carboxylic acids is 1. The number of aryl methyl sites for hydroxylation is 3. The second kappa shape index (κ2) is 7.35. The summed E-state index contributed by atoms with van der Waals surface area (Å²) < 4.78 is 5.04. The first-order valence-electron chi connectivity index (χ1n) is 7.72. The van der Waals surface area contributed by atoms with Crippen molar-refractivity contribution in [2.24, 2.45) is 0 Å². The lowest BCUT2D eigenvalue weighted by Crippen LogP contribution is -2.24. The summed E-state index contributed by atoms with van der Waals surface area (Å²) in [4.78, 5) is 20.9. The number of rotatable bonds is 6. The van der Waals surface area contributed by atoms with Crippen LogP contribution in [-0.2, 0) is 6.42 Å². The lowest BCUT2D eigenvalue weighted by Gasteiger charge is -2.05. The van der Waals surface area contributed by atoms with Crippen molar-refractivity contribution in [2.45, 2.75) is 26.7 Å². The van der Waals surface area contributed by atoms with E-state index in [4.69, 9.17) is 4.52 Å². The molecule has 0 unspecified atom stereocenters. The number of nitrogens with one attached hydrogen (secondary N) is 1. The van der Waals surface area contributed by atoms with Crippen molar-refractivity contribution >= 4 is 17.2 Å². The van der Waals surface area contributed by atoms with Gasteiger partial charge < -0.3 is 9.84 Å². The van der Waals surface area contributed by atoms with E-state index in [9.17, 15) is 4.79 Å². The van der Waals surface area contributed by atoms with E-state index in [0.29, 0.717) is 30.2 Å². The molecule has 3 rings (SSSR count). The molecule has 124 valence electrons. The Balaban J connectivity index is 1.55. The van der Waals surface area contributed by atoms with Crippen molar-refractivity contribution in [2.75, 3.05) is 6.54 Å². The van der Waals surface area contributed by atoms with E-state index < -0.39 is 0 Å². The van der Waals surface area contributed by atoms with Gasteiger partial charge in [0.25, 0.3) is 5.91 Å². The molecule has 2 heterocycles. The highest BCUT2D eigenvalue weighted by atomic mass is 32.1. The van der Waals surface area contributed by atoms with Gasteiger partial charge in [-0.25, -0.2) is 4.98 Å². The van der Waals surface area contributed by atoms with Crippen LogP contribution in [0, 0.1) is 13.8 Å². The van der Waals surface area contributed by atoms with Gasteiger partial charge in [-0.2, -0.15) is 4.98 Å². The van der Waals surface area contributed by atoms with Gasteiger partial charge in [-0.15, -0.1) is 11.3 Å². The summed E-state index contributed by atoms with van der Waals surface area (Å²) in [5.41, 5.74) is 2.49. The minimum Gasteiger partial charge on any atom is -0.352 e. The number of carbonyl (C=O) groups is 1. The van der Waals surface area contributed by atoms with Crippen LogP contribution in [0.2, 0.25) is 0 Å². The van der Waals surface area contributed by atoms with Gasteiger partial charge in [0.1, 0.15) is 0 Å². The number of hydrogen-bond acceptors (Lipinski definition) is 6. The summed E-state index contributed by atoms with van der Waals surface area (Å²) in [5, 5.41) is 9.66. The number of nitrogens with zero attached hydrogens (tertiary/aromatic N) is 3. The summed E-state index contributed by atoms with van der Waals surface area (Å²) in [6.45, 7) is 4.31. The van der Waals surface area contributed by atoms with Gasteiger partial charge in [-0.3, -0.25) is 4.79 Å². The van der Waals surface area contributed by atoms with Gasteiger partial charge in [-0.1, -0.05) is 17.3 Å².